The predicted molar refractivity (Wildman–Crippen MR) is 87.4 cm³/mol. The van der Waals surface area contributed by atoms with Crippen LogP contribution < -0.4 is 0 Å². The van der Waals surface area contributed by atoms with Crippen molar-refractivity contribution in [2.45, 2.75) is 38.3 Å². The van der Waals surface area contributed by atoms with Crippen LogP contribution in [0, 0.1) is 11.8 Å². The first-order valence-electron chi connectivity index (χ1n) is 6.84. The molecule has 19 heavy (non-hydrogen) atoms. The van der Waals surface area contributed by atoms with Gasteiger partial charge in [0.15, 0.2) is 4.45 Å². The Kier molecular flexibility index (Phi) is 4.16. The number of thiocarbonyl (C=S) groups is 1. The summed E-state index contributed by atoms with van der Waals surface area (Å²) >= 11 is 14.9. The molecule has 0 spiro atoms. The van der Waals surface area contributed by atoms with Gasteiger partial charge in [-0.1, -0.05) is 46.1 Å². The van der Waals surface area contributed by atoms with Crippen molar-refractivity contribution >= 4 is 44.2 Å². The van der Waals surface area contributed by atoms with E-state index in [-0.39, 0.29) is 0 Å². The van der Waals surface area contributed by atoms with Gasteiger partial charge >= 0.3 is 0 Å². The lowest BCUT2D eigenvalue weighted by atomic mass is 9.94. The largest absolute Gasteiger partial charge is 0.346 e. The van der Waals surface area contributed by atoms with Crippen LogP contribution >= 0.6 is 39.7 Å². The number of halogens is 2. The summed E-state index contributed by atoms with van der Waals surface area (Å²) in [5.41, 5.74) is 1.27. The van der Waals surface area contributed by atoms with Gasteiger partial charge < -0.3 is 4.90 Å². The van der Waals surface area contributed by atoms with Crippen LogP contribution in [0.3, 0.4) is 0 Å². The lowest BCUT2D eigenvalue weighted by Gasteiger charge is -2.34. The fourth-order valence-corrected chi connectivity index (χ4v) is 4.34. The first kappa shape index (κ1) is 13.8. The molecule has 2 aliphatic rings. The SMILES string of the molecule is S=C(Cl)N(Cc1ccc(Br)cc1)C1CC2CCC1C2. The zero-order valence-corrected chi connectivity index (χ0v) is 13.8. The molecule has 0 heterocycles. The molecule has 4 heteroatoms. The summed E-state index contributed by atoms with van der Waals surface area (Å²) in [4.78, 5) is 2.24. The molecule has 2 fully saturated rings. The van der Waals surface area contributed by atoms with E-state index < -0.39 is 0 Å². The van der Waals surface area contributed by atoms with Crippen LogP contribution in [0.25, 0.3) is 0 Å². The molecule has 2 saturated carbocycles. The van der Waals surface area contributed by atoms with Crippen molar-refractivity contribution in [1.82, 2.24) is 4.90 Å². The molecular formula is C15H17BrClNS. The molecule has 102 valence electrons. The first-order chi connectivity index (χ1) is 9.13. The normalized spacial score (nSPS) is 28.6. The summed E-state index contributed by atoms with van der Waals surface area (Å²) in [6.07, 6.45) is 5.41. The van der Waals surface area contributed by atoms with Gasteiger partial charge in [0.05, 0.1) is 0 Å². The lowest BCUT2D eigenvalue weighted by molar-refractivity contribution is 0.226. The van der Waals surface area contributed by atoms with Gasteiger partial charge in [-0.25, -0.2) is 0 Å². The van der Waals surface area contributed by atoms with Crippen LogP contribution in [0.15, 0.2) is 28.7 Å². The highest BCUT2D eigenvalue weighted by Crippen LogP contribution is 2.47. The summed E-state index contributed by atoms with van der Waals surface area (Å²) in [6, 6.07) is 8.99. The molecule has 0 saturated heterocycles. The van der Waals surface area contributed by atoms with Crippen molar-refractivity contribution < 1.29 is 0 Å². The van der Waals surface area contributed by atoms with Gasteiger partial charge in [-0.2, -0.15) is 0 Å². The fourth-order valence-electron chi connectivity index (χ4n) is 3.69. The minimum atomic E-state index is 0.528. The van der Waals surface area contributed by atoms with Gasteiger partial charge in [-0.3, -0.25) is 0 Å². The molecule has 0 amide bonds. The second-order valence-electron chi connectivity index (χ2n) is 5.75. The Morgan fingerprint density at radius 3 is 2.53 bits per heavy atom. The maximum Gasteiger partial charge on any atom is 0.170 e. The number of hydrogen-bond donors (Lipinski definition) is 0. The van der Waals surface area contributed by atoms with E-state index >= 15 is 0 Å². The summed E-state index contributed by atoms with van der Waals surface area (Å²) in [5.74, 6) is 1.71. The average molecular weight is 359 g/mol. The first-order valence-corrected chi connectivity index (χ1v) is 8.42. The third kappa shape index (κ3) is 2.98. The van der Waals surface area contributed by atoms with Crippen molar-refractivity contribution in [3.8, 4) is 0 Å². The third-order valence-electron chi connectivity index (χ3n) is 4.59. The van der Waals surface area contributed by atoms with Crippen LogP contribution in [0.2, 0.25) is 0 Å². The quantitative estimate of drug-likeness (QED) is 0.426. The predicted octanol–water partition coefficient (Wildman–Crippen LogP) is 4.96. The van der Waals surface area contributed by atoms with Crippen LogP contribution in [-0.4, -0.2) is 15.4 Å². The second kappa shape index (κ2) is 5.71. The zero-order chi connectivity index (χ0) is 13.4. The number of nitrogens with zero attached hydrogens (tertiary/aromatic N) is 1. The van der Waals surface area contributed by atoms with Crippen LogP contribution in [0.1, 0.15) is 31.2 Å². The molecule has 2 bridgehead atoms. The average Bonchev–Trinajstić information content (AvgIpc) is 3.00. The summed E-state index contributed by atoms with van der Waals surface area (Å²) in [5, 5.41) is 0. The maximum atomic E-state index is 6.19. The summed E-state index contributed by atoms with van der Waals surface area (Å²) < 4.78 is 1.64. The molecule has 3 atom stereocenters. The van der Waals surface area contributed by atoms with Gasteiger partial charge in [0.25, 0.3) is 0 Å². The minimum absolute atomic E-state index is 0.528. The summed E-state index contributed by atoms with van der Waals surface area (Å²) in [7, 11) is 0. The Morgan fingerprint density at radius 1 is 1.26 bits per heavy atom. The highest BCUT2D eigenvalue weighted by molar-refractivity contribution is 9.10. The topological polar surface area (TPSA) is 3.24 Å². The monoisotopic (exact) mass is 357 g/mol. The van der Waals surface area contributed by atoms with E-state index in [1.807, 2.05) is 0 Å². The van der Waals surface area contributed by atoms with E-state index in [1.54, 1.807) is 0 Å². The molecule has 1 aromatic carbocycles. The second-order valence-corrected chi connectivity index (χ2v) is 7.63. The molecule has 1 aromatic rings. The van der Waals surface area contributed by atoms with Crippen molar-refractivity contribution in [3.05, 3.63) is 34.3 Å². The highest BCUT2D eigenvalue weighted by atomic mass is 79.9. The van der Waals surface area contributed by atoms with Crippen molar-refractivity contribution in [1.29, 1.82) is 0 Å². The lowest BCUT2D eigenvalue weighted by Crippen LogP contribution is -2.40. The van der Waals surface area contributed by atoms with E-state index in [0.717, 1.165) is 22.9 Å². The Labute approximate surface area is 133 Å². The van der Waals surface area contributed by atoms with Gasteiger partial charge in [-0.05, 0) is 61.0 Å². The zero-order valence-electron chi connectivity index (χ0n) is 10.7. The molecule has 0 aromatic heterocycles. The number of rotatable bonds is 3. The Hall–Kier alpha value is -0.120. The standard InChI is InChI=1S/C15H17BrClNS/c16-13-5-2-10(3-6-13)9-18(15(17)19)14-8-11-1-4-12(14)7-11/h2-3,5-6,11-12,14H,1,4,7-9H2. The fraction of sp³-hybridized carbons (Fsp3) is 0.533. The van der Waals surface area contributed by atoms with E-state index in [2.05, 4.69) is 45.1 Å². The van der Waals surface area contributed by atoms with Gasteiger partial charge in [0.2, 0.25) is 0 Å². The minimum Gasteiger partial charge on any atom is -0.346 e. The van der Waals surface area contributed by atoms with Gasteiger partial charge in [0.1, 0.15) is 0 Å². The molecule has 0 N–H and O–H groups in total. The Balaban J connectivity index is 1.74. The smallest absolute Gasteiger partial charge is 0.170 e. The van der Waals surface area contributed by atoms with Crippen LogP contribution in [0.5, 0.6) is 0 Å². The molecule has 0 aliphatic heterocycles. The van der Waals surface area contributed by atoms with E-state index in [1.165, 1.54) is 31.2 Å². The number of hydrogen-bond acceptors (Lipinski definition) is 1. The molecular weight excluding hydrogens is 342 g/mol. The molecule has 1 nitrogen and oxygen atoms in total. The van der Waals surface area contributed by atoms with Crippen molar-refractivity contribution in [2.75, 3.05) is 0 Å². The van der Waals surface area contributed by atoms with Crippen molar-refractivity contribution in [3.63, 3.8) is 0 Å². The van der Waals surface area contributed by atoms with Crippen molar-refractivity contribution in [2.24, 2.45) is 11.8 Å². The molecule has 3 unspecified atom stereocenters. The van der Waals surface area contributed by atoms with Crippen LogP contribution in [-0.2, 0) is 6.54 Å². The molecule has 3 rings (SSSR count). The van der Waals surface area contributed by atoms with Gasteiger partial charge in [-0.15, -0.1) is 0 Å². The number of benzene rings is 1. The Bertz CT molecular complexity index is 476. The van der Waals surface area contributed by atoms with E-state index in [9.17, 15) is 0 Å². The maximum absolute atomic E-state index is 6.19. The van der Waals surface area contributed by atoms with E-state index in [4.69, 9.17) is 23.8 Å². The third-order valence-corrected chi connectivity index (χ3v) is 5.57. The molecule has 2 aliphatic carbocycles. The molecule has 0 radical (unpaired) electrons. The highest BCUT2D eigenvalue weighted by Gasteiger charge is 2.42. The summed E-state index contributed by atoms with van der Waals surface area (Å²) in [6.45, 7) is 0.837. The Morgan fingerprint density at radius 2 is 2.00 bits per heavy atom. The number of fused-ring (bicyclic) bond motifs is 2. The van der Waals surface area contributed by atoms with Gasteiger partial charge in [0, 0.05) is 17.1 Å². The van der Waals surface area contributed by atoms with E-state index in [0.29, 0.717) is 10.5 Å². The van der Waals surface area contributed by atoms with Crippen LogP contribution in [0.4, 0.5) is 0 Å².